The molecule has 4 N–H and O–H groups in total. The molecule has 1 aliphatic rings. The van der Waals surface area contributed by atoms with Crippen molar-refractivity contribution in [3.63, 3.8) is 0 Å². The van der Waals surface area contributed by atoms with E-state index in [0.29, 0.717) is 28.1 Å². The third-order valence-corrected chi connectivity index (χ3v) is 5.39. The lowest BCUT2D eigenvalue weighted by Gasteiger charge is -2.24. The van der Waals surface area contributed by atoms with Crippen LogP contribution in [0.1, 0.15) is 29.4 Å². The van der Waals surface area contributed by atoms with Gasteiger partial charge in [-0.05, 0) is 31.5 Å². The van der Waals surface area contributed by atoms with Gasteiger partial charge in [-0.15, -0.1) is 0 Å². The van der Waals surface area contributed by atoms with Crippen LogP contribution in [0.4, 0.5) is 16.2 Å². The predicted molar refractivity (Wildman–Crippen MR) is 110 cm³/mol. The molecule has 0 saturated carbocycles. The Labute approximate surface area is 174 Å². The van der Waals surface area contributed by atoms with E-state index in [-0.39, 0.29) is 29.1 Å². The molecule has 0 spiro atoms. The highest BCUT2D eigenvalue weighted by molar-refractivity contribution is 6.36. The van der Waals surface area contributed by atoms with Gasteiger partial charge in [0.15, 0.2) is 11.3 Å². The first-order chi connectivity index (χ1) is 14.5. The number of nitrogens with one attached hydrogen (secondary N) is 2. The number of fused-ring (bicyclic) bond motifs is 2. The van der Waals surface area contributed by atoms with Gasteiger partial charge in [-0.3, -0.25) is 14.8 Å². The molecule has 4 heterocycles. The number of piperidine rings is 1. The maximum atomic E-state index is 13.4. The number of hydrogen-bond donors (Lipinski definition) is 3. The fourth-order valence-corrected chi connectivity index (χ4v) is 3.96. The highest BCUT2D eigenvalue weighted by Crippen LogP contribution is 2.33. The van der Waals surface area contributed by atoms with Gasteiger partial charge in [0.25, 0.3) is 5.91 Å². The largest absolute Gasteiger partial charge is 0.423 e. The Morgan fingerprint density at radius 1 is 1.43 bits per heavy atom. The van der Waals surface area contributed by atoms with Crippen molar-refractivity contribution in [2.24, 2.45) is 0 Å². The first-order valence-electron chi connectivity index (χ1n) is 9.41. The second kappa shape index (κ2) is 7.22. The van der Waals surface area contributed by atoms with E-state index in [2.05, 4.69) is 25.7 Å². The van der Waals surface area contributed by atoms with Gasteiger partial charge in [-0.1, -0.05) is 11.6 Å². The third-order valence-electron chi connectivity index (χ3n) is 5.11. The Morgan fingerprint density at radius 2 is 2.30 bits per heavy atom. The number of benzene rings is 1. The average Bonchev–Trinajstić information content (AvgIpc) is 3.33. The number of rotatable bonds is 3. The van der Waals surface area contributed by atoms with Crippen molar-refractivity contribution >= 4 is 51.3 Å². The van der Waals surface area contributed by atoms with Gasteiger partial charge in [0.1, 0.15) is 17.2 Å². The van der Waals surface area contributed by atoms with Crippen LogP contribution >= 0.6 is 11.6 Å². The molecule has 0 unspecified atom stereocenters. The number of hydrogen-bond acceptors (Lipinski definition) is 7. The number of amides is 1. The number of oxazole rings is 1. The summed E-state index contributed by atoms with van der Waals surface area (Å²) in [6.45, 7) is 1.63. The second-order valence-electron chi connectivity index (χ2n) is 7.09. The average molecular weight is 430 g/mol. The fraction of sp³-hybridized carbons (Fsp3) is 0.263. The van der Waals surface area contributed by atoms with Gasteiger partial charge in [0.2, 0.25) is 0 Å². The Hall–Kier alpha value is -3.24. The van der Waals surface area contributed by atoms with Crippen LogP contribution < -0.4 is 16.4 Å². The number of aromatic nitrogens is 4. The minimum atomic E-state index is -0.578. The Morgan fingerprint density at radius 3 is 3.10 bits per heavy atom. The van der Waals surface area contributed by atoms with Crippen LogP contribution in [-0.4, -0.2) is 38.7 Å². The zero-order valence-corrected chi connectivity index (χ0v) is 16.4. The molecule has 1 atom stereocenters. The third kappa shape index (κ3) is 3.14. The summed E-state index contributed by atoms with van der Waals surface area (Å²) >= 11 is 6.40. The summed E-state index contributed by atoms with van der Waals surface area (Å²) < 4.78 is 20.6. The molecule has 1 aliphatic heterocycles. The summed E-state index contributed by atoms with van der Waals surface area (Å²) in [4.78, 5) is 21.2. The van der Waals surface area contributed by atoms with Crippen molar-refractivity contribution in [3.05, 3.63) is 40.9 Å². The summed E-state index contributed by atoms with van der Waals surface area (Å²) in [5.74, 6) is -0.882. The molecule has 5 rings (SSSR count). The zero-order chi connectivity index (χ0) is 20.8. The SMILES string of the molecule is Nc1ncc(Cl)c2c1c(C(=O)Nc1nc3cc(F)ccc3o1)nn2[C@@H]1CCCNC1. The smallest absolute Gasteiger partial charge is 0.302 e. The molecule has 1 saturated heterocycles. The normalized spacial score (nSPS) is 16.9. The highest BCUT2D eigenvalue weighted by atomic mass is 35.5. The molecule has 11 heteroatoms. The fourth-order valence-electron chi connectivity index (χ4n) is 3.73. The van der Waals surface area contributed by atoms with E-state index in [4.69, 9.17) is 21.8 Å². The van der Waals surface area contributed by atoms with Crippen LogP contribution in [0.5, 0.6) is 0 Å². The monoisotopic (exact) mass is 429 g/mol. The molecule has 0 aliphatic carbocycles. The van der Waals surface area contributed by atoms with Gasteiger partial charge < -0.3 is 15.5 Å². The molecule has 4 aromatic rings. The summed E-state index contributed by atoms with van der Waals surface area (Å²) in [5.41, 5.74) is 7.34. The van der Waals surface area contributed by atoms with Crippen LogP contribution in [0.15, 0.2) is 28.8 Å². The highest BCUT2D eigenvalue weighted by Gasteiger charge is 2.27. The number of halogens is 2. The number of pyridine rings is 1. The first-order valence-corrected chi connectivity index (χ1v) is 9.79. The number of carbonyl (C=O) groups excluding carboxylic acids is 1. The van der Waals surface area contributed by atoms with Crippen molar-refractivity contribution < 1.29 is 13.6 Å². The quantitative estimate of drug-likeness (QED) is 0.457. The van der Waals surface area contributed by atoms with Crippen molar-refractivity contribution in [1.82, 2.24) is 25.1 Å². The molecule has 0 bridgehead atoms. The van der Waals surface area contributed by atoms with E-state index in [1.165, 1.54) is 24.4 Å². The van der Waals surface area contributed by atoms with Gasteiger partial charge in [-0.2, -0.15) is 10.1 Å². The second-order valence-corrected chi connectivity index (χ2v) is 7.50. The molecule has 1 aromatic carbocycles. The van der Waals surface area contributed by atoms with E-state index in [1.54, 1.807) is 4.68 Å². The van der Waals surface area contributed by atoms with E-state index in [0.717, 1.165) is 19.4 Å². The van der Waals surface area contributed by atoms with E-state index in [9.17, 15) is 9.18 Å². The van der Waals surface area contributed by atoms with Crippen LogP contribution in [-0.2, 0) is 0 Å². The molecule has 0 radical (unpaired) electrons. The number of nitrogens with two attached hydrogens (primary N) is 1. The molecule has 154 valence electrons. The van der Waals surface area contributed by atoms with Crippen molar-refractivity contribution in [3.8, 4) is 0 Å². The summed E-state index contributed by atoms with van der Waals surface area (Å²) in [6.07, 6.45) is 3.32. The summed E-state index contributed by atoms with van der Waals surface area (Å²) in [6, 6.07) is 3.86. The summed E-state index contributed by atoms with van der Waals surface area (Å²) in [7, 11) is 0. The number of nitrogen functional groups attached to an aromatic ring is 1. The van der Waals surface area contributed by atoms with Crippen LogP contribution in [0.25, 0.3) is 22.0 Å². The van der Waals surface area contributed by atoms with E-state index < -0.39 is 11.7 Å². The van der Waals surface area contributed by atoms with E-state index in [1.807, 2.05) is 0 Å². The lowest BCUT2D eigenvalue weighted by atomic mass is 10.1. The van der Waals surface area contributed by atoms with Gasteiger partial charge in [0, 0.05) is 12.6 Å². The molecule has 30 heavy (non-hydrogen) atoms. The number of carbonyl (C=O) groups is 1. The lowest BCUT2D eigenvalue weighted by Crippen LogP contribution is -2.32. The first kappa shape index (κ1) is 18.8. The lowest BCUT2D eigenvalue weighted by molar-refractivity contribution is 0.101. The Bertz CT molecular complexity index is 1280. The zero-order valence-electron chi connectivity index (χ0n) is 15.7. The molecule has 9 nitrogen and oxygen atoms in total. The molecule has 3 aromatic heterocycles. The number of anilines is 2. The minimum Gasteiger partial charge on any atom is -0.423 e. The van der Waals surface area contributed by atoms with Gasteiger partial charge in [-0.25, -0.2) is 9.37 Å². The van der Waals surface area contributed by atoms with Crippen LogP contribution in [0, 0.1) is 5.82 Å². The molecule has 1 fully saturated rings. The molecule has 1 amide bonds. The Kier molecular flexibility index (Phi) is 4.52. The van der Waals surface area contributed by atoms with E-state index >= 15 is 0 Å². The van der Waals surface area contributed by atoms with Gasteiger partial charge in [0.05, 0.1) is 28.2 Å². The van der Waals surface area contributed by atoms with Crippen LogP contribution in [0.3, 0.4) is 0 Å². The minimum absolute atomic E-state index is 0.0226. The maximum Gasteiger partial charge on any atom is 0.302 e. The standard InChI is InChI=1S/C19H17ClFN7O2/c20-11-8-24-17(22)14-15(27-28(16(11)14)10-2-1-5-23-7-10)18(29)26-19-25-12-6-9(21)3-4-13(12)30-19/h3-4,6,8,10,23H,1-2,5,7H2,(H2,22,24)(H,25,26,29)/t10-/m1/s1. The molecular weight excluding hydrogens is 413 g/mol. The van der Waals surface area contributed by atoms with Crippen molar-refractivity contribution in [2.75, 3.05) is 24.1 Å². The number of nitrogens with zero attached hydrogens (tertiary/aromatic N) is 4. The predicted octanol–water partition coefficient (Wildman–Crippen LogP) is 3.12. The van der Waals surface area contributed by atoms with Crippen molar-refractivity contribution in [2.45, 2.75) is 18.9 Å². The topological polar surface area (TPSA) is 124 Å². The van der Waals surface area contributed by atoms with Gasteiger partial charge >= 0.3 is 6.01 Å². The van der Waals surface area contributed by atoms with Crippen molar-refractivity contribution in [1.29, 1.82) is 0 Å². The van der Waals surface area contributed by atoms with Crippen LogP contribution in [0.2, 0.25) is 5.02 Å². The Balaban J connectivity index is 1.57. The summed E-state index contributed by atoms with van der Waals surface area (Å²) in [5, 5.41) is 11.1. The maximum absolute atomic E-state index is 13.4. The molecular formula is C19H17ClFN7O2.